The second kappa shape index (κ2) is 18.9. The first-order chi connectivity index (χ1) is 28.6. The molecule has 7 nitrogen and oxygen atoms in total. The Kier molecular flexibility index (Phi) is 13.0. The third-order valence-corrected chi connectivity index (χ3v) is 9.28. The summed E-state index contributed by atoms with van der Waals surface area (Å²) < 4.78 is 20.1. The van der Waals surface area contributed by atoms with E-state index in [0.29, 0.717) is 28.7 Å². The maximum atomic E-state index is 6.57. The van der Waals surface area contributed by atoms with Gasteiger partial charge in [0.25, 0.3) is 6.20 Å². The number of ether oxygens (including phenoxy) is 2. The molecule has 3 aromatic heterocycles. The Morgan fingerprint density at radius 2 is 1.32 bits per heavy atom. The molecule has 6 aromatic carbocycles. The fraction of sp³-hybridized carbons (Fsp3) is 0.0196. The summed E-state index contributed by atoms with van der Waals surface area (Å²) in [5, 5.41) is 2.34. The largest absolute Gasteiger partial charge is 4.00 e. The molecule has 0 atom stereocenters. The molecule has 60 heavy (non-hydrogen) atoms. The molecule has 0 N–H and O–H groups in total. The minimum Gasteiger partial charge on any atom is -0.669 e. The van der Waals surface area contributed by atoms with Crippen LogP contribution in [0.15, 0.2) is 171 Å². The van der Waals surface area contributed by atoms with Crippen LogP contribution in [0.25, 0.3) is 49.9 Å². The number of pyridine rings is 1. The topological polar surface area (TPSA) is 47.2 Å². The van der Waals surface area contributed by atoms with Gasteiger partial charge in [0.05, 0.1) is 11.0 Å². The number of hydrogen-bond donors (Lipinski definition) is 0. The average Bonchev–Trinajstić information content (AvgIpc) is 4.04. The summed E-state index contributed by atoms with van der Waals surface area (Å²) in [6.45, 7) is 0. The third kappa shape index (κ3) is 9.08. The number of para-hydroxylation sites is 3. The van der Waals surface area contributed by atoms with Crippen LogP contribution in [0.1, 0.15) is 0 Å². The van der Waals surface area contributed by atoms with Gasteiger partial charge in [-0.05, 0) is 30.0 Å². The van der Waals surface area contributed by atoms with Gasteiger partial charge in [-0.25, -0.2) is 24.2 Å². The van der Waals surface area contributed by atoms with Crippen molar-refractivity contribution >= 4 is 33.5 Å². The molecule has 0 amide bonds. The molecule has 9 heteroatoms. The summed E-state index contributed by atoms with van der Waals surface area (Å²) in [7, 11) is 1.93. The number of benzene rings is 6. The molecule has 0 spiro atoms. The Morgan fingerprint density at radius 1 is 0.650 bits per heavy atom. The van der Waals surface area contributed by atoms with Gasteiger partial charge < -0.3 is 30.0 Å². The van der Waals surface area contributed by atoms with Crippen LogP contribution in [0.5, 0.6) is 23.0 Å². The van der Waals surface area contributed by atoms with Gasteiger partial charge >= 0.3 is 48.1 Å². The maximum Gasteiger partial charge on any atom is 4.00 e. The molecule has 290 valence electrons. The fourth-order valence-corrected chi connectivity index (χ4v) is 6.67. The van der Waals surface area contributed by atoms with Crippen LogP contribution in [0.2, 0.25) is 0 Å². The number of nitrogens with zero attached hydrogens (tertiary/aromatic N) is 5. The van der Waals surface area contributed by atoms with E-state index in [1.165, 1.54) is 10.8 Å². The fourth-order valence-electron chi connectivity index (χ4n) is 6.67. The van der Waals surface area contributed by atoms with Gasteiger partial charge in [-0.2, -0.15) is 36.4 Å². The van der Waals surface area contributed by atoms with Gasteiger partial charge in [-0.1, -0.05) is 81.7 Å². The molecule has 1 aliphatic rings. The molecule has 10 rings (SSSR count). The van der Waals surface area contributed by atoms with Crippen molar-refractivity contribution in [1.29, 1.82) is 0 Å². The van der Waals surface area contributed by atoms with Crippen molar-refractivity contribution in [2.45, 2.75) is 0 Å². The number of fused-ring (bicyclic) bond motifs is 3. The zero-order chi connectivity index (χ0) is 39.3. The van der Waals surface area contributed by atoms with Crippen LogP contribution in [0.3, 0.4) is 0 Å². The number of hydrogen-bond acceptors (Lipinski definition) is 3. The van der Waals surface area contributed by atoms with E-state index >= 15 is 0 Å². The third-order valence-electron chi connectivity index (χ3n) is 9.28. The minimum atomic E-state index is 0. The quantitative estimate of drug-likeness (QED) is 0.0865. The molecule has 0 radical (unpaired) electrons. The zero-order valence-corrected chi connectivity index (χ0v) is 36.4. The first kappa shape index (κ1) is 41.4. The van der Waals surface area contributed by atoms with Gasteiger partial charge in [0.1, 0.15) is 5.69 Å². The summed E-state index contributed by atoms with van der Waals surface area (Å²) in [5.74, 6) is 2.28. The molecule has 1 aliphatic heterocycles. The van der Waals surface area contributed by atoms with E-state index < -0.39 is 0 Å². The SMILES string of the molecule is C[N+]1=C=[N+](c2[c-]c(Oc3[c-]c(-c4cc(-c5[c-]c(Oc6[c-]cccc6)ccc5)[c-]cn4)cc(-n4c5ccccc5c5ccccc54)c3)ccc2)C=C1.[C-]#Cn1cccc1.[Pt+2].[Pt+4]. The predicted molar refractivity (Wildman–Crippen MR) is 224 cm³/mol. The van der Waals surface area contributed by atoms with Crippen molar-refractivity contribution in [1.82, 2.24) is 14.1 Å². The van der Waals surface area contributed by atoms with Gasteiger partial charge in [-0.15, -0.1) is 35.9 Å². The molecule has 0 saturated carbocycles. The van der Waals surface area contributed by atoms with Gasteiger partial charge in [0.2, 0.25) is 6.20 Å². The molecule has 0 aliphatic carbocycles. The van der Waals surface area contributed by atoms with E-state index in [-0.39, 0.29) is 42.1 Å². The molecule has 9 aromatic rings. The predicted octanol–water partition coefficient (Wildman–Crippen LogP) is 10.9. The van der Waals surface area contributed by atoms with Gasteiger partial charge in [0, 0.05) is 46.2 Å². The monoisotopic (exact) mass is 1140 g/mol. The van der Waals surface area contributed by atoms with Gasteiger partial charge in [0.15, 0.2) is 7.05 Å². The average molecular weight is 1140 g/mol. The molecule has 0 unspecified atom stereocenters. The Hall–Kier alpha value is -6.79. The molecule has 0 fully saturated rings. The Morgan fingerprint density at radius 3 is 2.00 bits per heavy atom. The van der Waals surface area contributed by atoms with E-state index in [0.717, 1.165) is 39.1 Å². The summed E-state index contributed by atoms with van der Waals surface area (Å²) in [5.41, 5.74) is 7.00. The normalized spacial score (nSPS) is 11.3. The van der Waals surface area contributed by atoms with E-state index in [9.17, 15) is 0 Å². The van der Waals surface area contributed by atoms with Crippen molar-refractivity contribution in [3.63, 3.8) is 0 Å². The first-order valence-electron chi connectivity index (χ1n) is 18.4. The Balaban J connectivity index is 0.000000552. The molecule has 0 saturated heterocycles. The molecular formula is C51H31N5O2Pt2+2. The molecule has 4 heterocycles. The maximum absolute atomic E-state index is 6.57. The second-order valence-corrected chi connectivity index (χ2v) is 13.2. The van der Waals surface area contributed by atoms with E-state index in [4.69, 9.17) is 20.9 Å². The van der Waals surface area contributed by atoms with Crippen molar-refractivity contribution in [2.24, 2.45) is 0 Å². The zero-order valence-electron chi connectivity index (χ0n) is 31.9. The van der Waals surface area contributed by atoms with Gasteiger partial charge in [-0.3, -0.25) is 11.1 Å². The van der Waals surface area contributed by atoms with E-state index in [1.54, 1.807) is 23.2 Å². The number of aromatic nitrogens is 3. The summed E-state index contributed by atoms with van der Waals surface area (Å²) in [4.78, 5) is 4.76. The smallest absolute Gasteiger partial charge is 0.669 e. The summed E-state index contributed by atoms with van der Waals surface area (Å²) in [6.07, 6.45) is 15.6. The van der Waals surface area contributed by atoms with Crippen LogP contribution in [-0.2, 0) is 42.1 Å². The van der Waals surface area contributed by atoms with E-state index in [1.807, 2.05) is 114 Å². The number of rotatable bonds is 8. The minimum absolute atomic E-state index is 0. The molecule has 0 bridgehead atoms. The van der Waals surface area contributed by atoms with Crippen LogP contribution in [0, 0.1) is 42.8 Å². The van der Waals surface area contributed by atoms with E-state index in [2.05, 4.69) is 102 Å². The summed E-state index contributed by atoms with van der Waals surface area (Å²) >= 11 is 0. The second-order valence-electron chi connectivity index (χ2n) is 13.2. The van der Waals surface area contributed by atoms with Crippen molar-refractivity contribution in [3.8, 4) is 57.1 Å². The van der Waals surface area contributed by atoms with Crippen LogP contribution < -0.4 is 9.47 Å². The Bertz CT molecular complexity index is 3030. The standard InChI is InChI=1S/C45H27N4O2.C6H4N.2Pt/c1-47-23-24-48(31-47)35-12-10-16-39(29-35)51-40-27-34(25-36(30-40)49-44-19-7-5-17-41(44)42-18-6-8-20-45(42)49)43-28-33(21-22-46-43)32-11-9-15-38(26-32)50-37-13-3-2-4-14-37;1-2-7-5-3-4-6-7;;/h2-13,15-20,22-25,28,30H,1H3;3-6H;;/q-3;-1;+2;+4. The van der Waals surface area contributed by atoms with Crippen molar-refractivity contribution in [3.05, 3.63) is 207 Å². The van der Waals surface area contributed by atoms with Crippen LogP contribution in [0.4, 0.5) is 5.69 Å². The molecular weight excluding hydrogens is 1100 g/mol. The Labute approximate surface area is 377 Å². The van der Waals surface area contributed by atoms with Crippen LogP contribution in [-0.4, -0.2) is 36.3 Å². The van der Waals surface area contributed by atoms with Crippen molar-refractivity contribution in [2.75, 3.05) is 7.05 Å². The first-order valence-corrected chi connectivity index (χ1v) is 18.4. The van der Waals surface area contributed by atoms with Crippen molar-refractivity contribution < 1.29 is 60.8 Å². The summed E-state index contributed by atoms with van der Waals surface area (Å²) in [6, 6.07) is 67.8. The van der Waals surface area contributed by atoms with Crippen LogP contribution >= 0.6 is 0 Å².